The number of para-hydroxylation sites is 2. The van der Waals surface area contributed by atoms with Crippen molar-refractivity contribution in [2.45, 2.75) is 0 Å². The Labute approximate surface area is 297 Å². The fraction of sp³-hybridized carbons (Fsp3) is 0. The standard InChI is InChI=1S/C47H27N3O2/c1-3-13-28(14-4-1)31-19-11-20-35-41(31)32-26-25-30(27-37(32)43-34-18-8-10-23-39(34)52-44(35)43)46-48-45(29-15-5-2-6-16-29)49-47(50-46)36-21-12-24-40-42(36)33-17-7-9-22-38(33)51-40/h1-27H. The first kappa shape index (κ1) is 28.7. The summed E-state index contributed by atoms with van der Waals surface area (Å²) in [5.41, 5.74) is 8.37. The van der Waals surface area contributed by atoms with Gasteiger partial charge in [-0.15, -0.1) is 0 Å². The van der Waals surface area contributed by atoms with Gasteiger partial charge in [-0.3, -0.25) is 0 Å². The third-order valence-electron chi connectivity index (χ3n) is 10.1. The molecule has 0 bridgehead atoms. The van der Waals surface area contributed by atoms with Crippen molar-refractivity contribution in [2.75, 3.05) is 0 Å². The number of hydrogen-bond donors (Lipinski definition) is 0. The minimum atomic E-state index is 0.588. The van der Waals surface area contributed by atoms with Crippen LogP contribution in [0.15, 0.2) is 173 Å². The Morgan fingerprint density at radius 2 is 0.885 bits per heavy atom. The largest absolute Gasteiger partial charge is 0.456 e. The van der Waals surface area contributed by atoms with Crippen LogP contribution in [0.5, 0.6) is 0 Å². The van der Waals surface area contributed by atoms with Crippen LogP contribution in [-0.4, -0.2) is 15.0 Å². The zero-order chi connectivity index (χ0) is 34.2. The molecule has 0 radical (unpaired) electrons. The van der Waals surface area contributed by atoms with E-state index in [1.165, 1.54) is 0 Å². The molecule has 5 heteroatoms. The molecule has 0 aliphatic heterocycles. The van der Waals surface area contributed by atoms with Gasteiger partial charge in [-0.25, -0.2) is 15.0 Å². The van der Waals surface area contributed by atoms with Crippen LogP contribution >= 0.6 is 0 Å². The van der Waals surface area contributed by atoms with Gasteiger partial charge in [0.15, 0.2) is 17.5 Å². The van der Waals surface area contributed by atoms with E-state index in [1.54, 1.807) is 0 Å². The van der Waals surface area contributed by atoms with Crippen LogP contribution < -0.4 is 0 Å². The highest BCUT2D eigenvalue weighted by atomic mass is 16.3. The molecule has 0 saturated heterocycles. The molecule has 11 aromatic rings. The monoisotopic (exact) mass is 665 g/mol. The van der Waals surface area contributed by atoms with Gasteiger partial charge in [0.2, 0.25) is 0 Å². The summed E-state index contributed by atoms with van der Waals surface area (Å²) in [5, 5.41) is 8.63. The molecule has 242 valence electrons. The predicted octanol–water partition coefficient (Wildman–Crippen LogP) is 12.6. The van der Waals surface area contributed by atoms with Crippen LogP contribution in [0.2, 0.25) is 0 Å². The van der Waals surface area contributed by atoms with E-state index in [2.05, 4.69) is 91.0 Å². The van der Waals surface area contributed by atoms with E-state index in [0.717, 1.165) is 93.2 Å². The lowest BCUT2D eigenvalue weighted by molar-refractivity contribution is 0.669. The van der Waals surface area contributed by atoms with Gasteiger partial charge in [-0.2, -0.15) is 0 Å². The van der Waals surface area contributed by atoms with Gasteiger partial charge in [0.1, 0.15) is 22.3 Å². The molecular weight excluding hydrogens is 639 g/mol. The second kappa shape index (κ2) is 11.2. The van der Waals surface area contributed by atoms with Gasteiger partial charge in [0, 0.05) is 49.0 Å². The maximum absolute atomic E-state index is 6.68. The second-order valence-corrected chi connectivity index (χ2v) is 13.1. The minimum Gasteiger partial charge on any atom is -0.456 e. The van der Waals surface area contributed by atoms with Crippen LogP contribution in [0.1, 0.15) is 0 Å². The van der Waals surface area contributed by atoms with Crippen molar-refractivity contribution in [1.82, 2.24) is 15.0 Å². The Hall–Kier alpha value is -7.11. The summed E-state index contributed by atoms with van der Waals surface area (Å²) in [5.74, 6) is 1.78. The fourth-order valence-electron chi connectivity index (χ4n) is 7.80. The SMILES string of the molecule is c1ccc(-c2nc(-c3ccc4c(c3)c3c5ccccc5oc3c3cccc(-c5ccccc5)c43)nc(-c3cccc4oc5ccccc5c34)n2)cc1. The summed E-state index contributed by atoms with van der Waals surface area (Å²) in [6, 6.07) is 56.2. The minimum absolute atomic E-state index is 0.588. The third kappa shape index (κ3) is 4.33. The van der Waals surface area contributed by atoms with E-state index in [0.29, 0.717) is 17.5 Å². The number of hydrogen-bond acceptors (Lipinski definition) is 5. The number of rotatable bonds is 4. The van der Waals surface area contributed by atoms with Crippen LogP contribution in [0.3, 0.4) is 0 Å². The molecule has 3 heterocycles. The van der Waals surface area contributed by atoms with Crippen molar-refractivity contribution in [1.29, 1.82) is 0 Å². The average molecular weight is 666 g/mol. The quantitative estimate of drug-likeness (QED) is 0.175. The third-order valence-corrected chi connectivity index (χ3v) is 10.1. The summed E-state index contributed by atoms with van der Waals surface area (Å²) >= 11 is 0. The van der Waals surface area contributed by atoms with E-state index >= 15 is 0 Å². The van der Waals surface area contributed by atoms with Gasteiger partial charge in [-0.05, 0) is 46.2 Å². The van der Waals surface area contributed by atoms with E-state index < -0.39 is 0 Å². The molecule has 0 atom stereocenters. The predicted molar refractivity (Wildman–Crippen MR) is 211 cm³/mol. The Morgan fingerprint density at radius 1 is 0.308 bits per heavy atom. The number of fused-ring (bicyclic) bond motifs is 11. The zero-order valence-electron chi connectivity index (χ0n) is 27.7. The van der Waals surface area contributed by atoms with Crippen LogP contribution in [0, 0.1) is 0 Å². The summed E-state index contributed by atoms with van der Waals surface area (Å²) < 4.78 is 12.9. The number of furan rings is 2. The maximum atomic E-state index is 6.68. The highest BCUT2D eigenvalue weighted by Gasteiger charge is 2.21. The molecule has 5 nitrogen and oxygen atoms in total. The lowest BCUT2D eigenvalue weighted by atomic mass is 9.90. The van der Waals surface area contributed by atoms with Crippen molar-refractivity contribution in [3.8, 4) is 45.3 Å². The highest BCUT2D eigenvalue weighted by molar-refractivity contribution is 6.32. The Kier molecular flexibility index (Phi) is 6.18. The van der Waals surface area contributed by atoms with Crippen molar-refractivity contribution in [3.63, 3.8) is 0 Å². The van der Waals surface area contributed by atoms with Gasteiger partial charge in [0.25, 0.3) is 0 Å². The van der Waals surface area contributed by atoms with Crippen molar-refractivity contribution in [2.24, 2.45) is 0 Å². The molecule has 0 aliphatic rings. The van der Waals surface area contributed by atoms with Gasteiger partial charge in [0.05, 0.1) is 0 Å². The zero-order valence-corrected chi connectivity index (χ0v) is 27.7. The first-order valence-corrected chi connectivity index (χ1v) is 17.4. The van der Waals surface area contributed by atoms with Crippen LogP contribution in [0.4, 0.5) is 0 Å². The van der Waals surface area contributed by atoms with Crippen LogP contribution in [0.25, 0.3) is 111 Å². The Bertz CT molecular complexity index is 3180. The molecule has 0 saturated carbocycles. The van der Waals surface area contributed by atoms with Gasteiger partial charge < -0.3 is 8.83 Å². The van der Waals surface area contributed by atoms with E-state index in [4.69, 9.17) is 23.8 Å². The molecule has 0 unspecified atom stereocenters. The summed E-state index contributed by atoms with van der Waals surface area (Å²) in [4.78, 5) is 15.4. The molecule has 52 heavy (non-hydrogen) atoms. The molecule has 0 spiro atoms. The summed E-state index contributed by atoms with van der Waals surface area (Å²) in [7, 11) is 0. The first-order chi connectivity index (χ1) is 25.8. The number of aromatic nitrogens is 3. The van der Waals surface area contributed by atoms with Crippen LogP contribution in [-0.2, 0) is 0 Å². The fourth-order valence-corrected chi connectivity index (χ4v) is 7.80. The molecule has 3 aromatic heterocycles. The summed E-state index contributed by atoms with van der Waals surface area (Å²) in [6.45, 7) is 0. The maximum Gasteiger partial charge on any atom is 0.164 e. The number of nitrogens with zero attached hydrogens (tertiary/aromatic N) is 3. The van der Waals surface area contributed by atoms with E-state index in [-0.39, 0.29) is 0 Å². The number of benzene rings is 8. The van der Waals surface area contributed by atoms with Crippen molar-refractivity contribution in [3.05, 3.63) is 164 Å². The van der Waals surface area contributed by atoms with Gasteiger partial charge >= 0.3 is 0 Å². The topological polar surface area (TPSA) is 65.0 Å². The highest BCUT2D eigenvalue weighted by Crippen LogP contribution is 2.45. The second-order valence-electron chi connectivity index (χ2n) is 13.1. The molecule has 0 fully saturated rings. The average Bonchev–Trinajstić information content (AvgIpc) is 3.80. The Balaban J connectivity index is 1.22. The molecule has 0 amide bonds. The van der Waals surface area contributed by atoms with Crippen molar-refractivity contribution < 1.29 is 8.83 Å². The van der Waals surface area contributed by atoms with E-state index in [9.17, 15) is 0 Å². The van der Waals surface area contributed by atoms with Crippen molar-refractivity contribution >= 4 is 65.4 Å². The first-order valence-electron chi connectivity index (χ1n) is 17.4. The molecule has 8 aromatic carbocycles. The Morgan fingerprint density at radius 3 is 1.67 bits per heavy atom. The lowest BCUT2D eigenvalue weighted by Gasteiger charge is -2.13. The molecule has 0 N–H and O–H groups in total. The lowest BCUT2D eigenvalue weighted by Crippen LogP contribution is -2.00. The smallest absolute Gasteiger partial charge is 0.164 e. The molecule has 11 rings (SSSR count). The normalized spacial score (nSPS) is 11.8. The molecular formula is C47H27N3O2. The van der Waals surface area contributed by atoms with E-state index in [1.807, 2.05) is 72.8 Å². The molecule has 0 aliphatic carbocycles. The summed E-state index contributed by atoms with van der Waals surface area (Å²) in [6.07, 6.45) is 0. The van der Waals surface area contributed by atoms with Gasteiger partial charge in [-0.1, -0.05) is 140 Å².